The Morgan fingerprint density at radius 3 is 2.64 bits per heavy atom. The Morgan fingerprint density at radius 1 is 1.14 bits per heavy atom. The predicted molar refractivity (Wildman–Crippen MR) is 84.2 cm³/mol. The van der Waals surface area contributed by atoms with Crippen LogP contribution in [0.4, 0.5) is 16.2 Å². The van der Waals surface area contributed by atoms with Crippen LogP contribution in [0.2, 0.25) is 0 Å². The second-order valence-electron chi connectivity index (χ2n) is 4.95. The standard InChI is InChI=1S/C16H17N3O3/c17-11-5-7-12(8-6-11)19-16(20)18-9-13-10-21-14-3-1-2-4-15(14)22-13/h1-8,13H,9-10,17H2,(H2,18,19,20). The summed E-state index contributed by atoms with van der Waals surface area (Å²) in [5, 5.41) is 5.49. The summed E-state index contributed by atoms with van der Waals surface area (Å²) >= 11 is 0. The Morgan fingerprint density at radius 2 is 1.86 bits per heavy atom. The van der Waals surface area contributed by atoms with E-state index in [0.29, 0.717) is 30.3 Å². The van der Waals surface area contributed by atoms with Crippen LogP contribution < -0.4 is 25.8 Å². The van der Waals surface area contributed by atoms with E-state index >= 15 is 0 Å². The van der Waals surface area contributed by atoms with Gasteiger partial charge in [-0.25, -0.2) is 4.79 Å². The fraction of sp³-hybridized carbons (Fsp3) is 0.188. The molecule has 22 heavy (non-hydrogen) atoms. The number of hydrogen-bond donors (Lipinski definition) is 3. The maximum absolute atomic E-state index is 11.8. The van der Waals surface area contributed by atoms with E-state index < -0.39 is 0 Å². The van der Waals surface area contributed by atoms with Crippen LogP contribution in [-0.2, 0) is 0 Å². The van der Waals surface area contributed by atoms with Crippen LogP contribution in [-0.4, -0.2) is 25.3 Å². The number of ether oxygens (including phenoxy) is 2. The highest BCUT2D eigenvalue weighted by Crippen LogP contribution is 2.30. The van der Waals surface area contributed by atoms with Crippen LogP contribution in [0.15, 0.2) is 48.5 Å². The van der Waals surface area contributed by atoms with E-state index in [1.54, 1.807) is 24.3 Å². The number of rotatable bonds is 3. The number of amides is 2. The molecule has 1 aliphatic heterocycles. The molecule has 1 aliphatic rings. The fourth-order valence-electron chi connectivity index (χ4n) is 2.11. The quantitative estimate of drug-likeness (QED) is 0.759. The number of para-hydroxylation sites is 2. The second-order valence-corrected chi connectivity index (χ2v) is 4.95. The Hall–Kier alpha value is -2.89. The highest BCUT2D eigenvalue weighted by molar-refractivity contribution is 5.89. The number of hydrogen-bond acceptors (Lipinski definition) is 4. The average molecular weight is 299 g/mol. The Bertz CT molecular complexity index is 658. The van der Waals surface area contributed by atoms with Crippen molar-refractivity contribution in [3.8, 4) is 11.5 Å². The van der Waals surface area contributed by atoms with Crippen molar-refractivity contribution < 1.29 is 14.3 Å². The normalized spacial score (nSPS) is 15.9. The zero-order valence-corrected chi connectivity index (χ0v) is 11.9. The summed E-state index contributed by atoms with van der Waals surface area (Å²) in [7, 11) is 0. The van der Waals surface area contributed by atoms with Gasteiger partial charge in [0, 0.05) is 11.4 Å². The van der Waals surface area contributed by atoms with Gasteiger partial charge in [-0.05, 0) is 36.4 Å². The molecule has 0 spiro atoms. The Labute approximate surface area is 128 Å². The molecule has 6 nitrogen and oxygen atoms in total. The van der Waals surface area contributed by atoms with Crippen molar-refractivity contribution in [3.63, 3.8) is 0 Å². The minimum atomic E-state index is -0.299. The number of nitrogens with one attached hydrogen (secondary N) is 2. The summed E-state index contributed by atoms with van der Waals surface area (Å²) in [6.07, 6.45) is -0.216. The third-order valence-electron chi connectivity index (χ3n) is 3.23. The molecule has 1 atom stereocenters. The van der Waals surface area contributed by atoms with Gasteiger partial charge in [-0.15, -0.1) is 0 Å². The first-order valence-electron chi connectivity index (χ1n) is 6.99. The van der Waals surface area contributed by atoms with Gasteiger partial charge in [0.15, 0.2) is 17.6 Å². The molecule has 3 rings (SSSR count). The molecule has 0 saturated carbocycles. The van der Waals surface area contributed by atoms with E-state index in [-0.39, 0.29) is 12.1 Å². The van der Waals surface area contributed by atoms with Crippen LogP contribution in [0.1, 0.15) is 0 Å². The first kappa shape index (κ1) is 14.1. The molecule has 0 bridgehead atoms. The maximum atomic E-state index is 11.8. The average Bonchev–Trinajstić information content (AvgIpc) is 2.55. The third-order valence-corrected chi connectivity index (χ3v) is 3.23. The number of anilines is 2. The molecule has 2 aromatic rings. The number of carbonyl (C=O) groups is 1. The van der Waals surface area contributed by atoms with Crippen LogP contribution in [0.25, 0.3) is 0 Å². The lowest BCUT2D eigenvalue weighted by molar-refractivity contribution is 0.0922. The minimum Gasteiger partial charge on any atom is -0.486 e. The molecular weight excluding hydrogens is 282 g/mol. The van der Waals surface area contributed by atoms with Gasteiger partial charge in [0.1, 0.15) is 6.61 Å². The van der Waals surface area contributed by atoms with Crippen molar-refractivity contribution in [3.05, 3.63) is 48.5 Å². The first-order chi connectivity index (χ1) is 10.7. The number of nitrogen functional groups attached to an aromatic ring is 1. The van der Waals surface area contributed by atoms with Gasteiger partial charge in [0.2, 0.25) is 0 Å². The lowest BCUT2D eigenvalue weighted by Gasteiger charge is -2.26. The molecule has 0 aromatic heterocycles. The van der Waals surface area contributed by atoms with Gasteiger partial charge >= 0.3 is 6.03 Å². The molecule has 4 N–H and O–H groups in total. The van der Waals surface area contributed by atoms with Gasteiger partial charge < -0.3 is 25.8 Å². The van der Waals surface area contributed by atoms with Gasteiger partial charge in [-0.2, -0.15) is 0 Å². The summed E-state index contributed by atoms with van der Waals surface area (Å²) in [4.78, 5) is 11.8. The molecule has 0 aliphatic carbocycles. The molecule has 0 radical (unpaired) electrons. The zero-order valence-electron chi connectivity index (χ0n) is 11.9. The van der Waals surface area contributed by atoms with Gasteiger partial charge in [-0.1, -0.05) is 12.1 Å². The topological polar surface area (TPSA) is 85.6 Å². The Kier molecular flexibility index (Phi) is 4.00. The van der Waals surface area contributed by atoms with Crippen LogP contribution in [0, 0.1) is 0 Å². The van der Waals surface area contributed by atoms with E-state index in [0.717, 1.165) is 5.75 Å². The molecule has 1 heterocycles. The molecule has 1 unspecified atom stereocenters. The largest absolute Gasteiger partial charge is 0.486 e. The van der Waals surface area contributed by atoms with Crippen molar-refractivity contribution in [2.45, 2.75) is 6.10 Å². The van der Waals surface area contributed by atoms with Crippen LogP contribution in [0.3, 0.4) is 0 Å². The van der Waals surface area contributed by atoms with Crippen molar-refractivity contribution in [2.24, 2.45) is 0 Å². The van der Waals surface area contributed by atoms with Crippen molar-refractivity contribution in [1.29, 1.82) is 0 Å². The maximum Gasteiger partial charge on any atom is 0.319 e. The van der Waals surface area contributed by atoms with E-state index in [1.165, 1.54) is 0 Å². The summed E-state index contributed by atoms with van der Waals surface area (Å²) < 4.78 is 11.4. The monoisotopic (exact) mass is 299 g/mol. The summed E-state index contributed by atoms with van der Waals surface area (Å²) in [6, 6.07) is 14.1. The van der Waals surface area contributed by atoms with Crippen LogP contribution in [0.5, 0.6) is 11.5 Å². The van der Waals surface area contributed by atoms with Crippen molar-refractivity contribution in [2.75, 3.05) is 24.2 Å². The number of carbonyl (C=O) groups excluding carboxylic acids is 1. The van der Waals surface area contributed by atoms with E-state index in [4.69, 9.17) is 15.2 Å². The Balaban J connectivity index is 1.49. The van der Waals surface area contributed by atoms with Gasteiger partial charge in [0.05, 0.1) is 6.54 Å². The fourth-order valence-corrected chi connectivity index (χ4v) is 2.11. The highest BCUT2D eigenvalue weighted by Gasteiger charge is 2.20. The van der Waals surface area contributed by atoms with E-state index in [9.17, 15) is 4.79 Å². The molecule has 6 heteroatoms. The number of urea groups is 1. The van der Waals surface area contributed by atoms with E-state index in [1.807, 2.05) is 24.3 Å². The smallest absolute Gasteiger partial charge is 0.319 e. The molecule has 0 saturated heterocycles. The number of benzene rings is 2. The molecule has 2 aromatic carbocycles. The van der Waals surface area contributed by atoms with Gasteiger partial charge in [-0.3, -0.25) is 0 Å². The van der Waals surface area contributed by atoms with Crippen LogP contribution >= 0.6 is 0 Å². The molecule has 0 fully saturated rings. The molecule has 2 amide bonds. The first-order valence-corrected chi connectivity index (χ1v) is 6.99. The minimum absolute atomic E-state index is 0.216. The summed E-state index contributed by atoms with van der Waals surface area (Å²) in [6.45, 7) is 0.758. The molecular formula is C16H17N3O3. The lowest BCUT2D eigenvalue weighted by Crippen LogP contribution is -2.42. The number of fused-ring (bicyclic) bond motifs is 1. The number of nitrogens with two attached hydrogens (primary N) is 1. The zero-order chi connectivity index (χ0) is 15.4. The molecule has 114 valence electrons. The summed E-state index contributed by atoms with van der Waals surface area (Å²) in [5.41, 5.74) is 6.92. The highest BCUT2D eigenvalue weighted by atomic mass is 16.6. The summed E-state index contributed by atoms with van der Waals surface area (Å²) in [5.74, 6) is 1.42. The van der Waals surface area contributed by atoms with Crippen molar-refractivity contribution in [1.82, 2.24) is 5.32 Å². The van der Waals surface area contributed by atoms with Crippen molar-refractivity contribution >= 4 is 17.4 Å². The predicted octanol–water partition coefficient (Wildman–Crippen LogP) is 2.23. The lowest BCUT2D eigenvalue weighted by atomic mass is 10.2. The third kappa shape index (κ3) is 3.41. The van der Waals surface area contributed by atoms with E-state index in [2.05, 4.69) is 10.6 Å². The second kappa shape index (κ2) is 6.26. The SMILES string of the molecule is Nc1ccc(NC(=O)NCC2COc3ccccc3O2)cc1. The van der Waals surface area contributed by atoms with Gasteiger partial charge in [0.25, 0.3) is 0 Å².